The SMILES string of the molecule is CCc1cccc(CCC(=O)NCC(=O)NC[C@H](NC(=O)c2c(Cl)cc(-c3ccccc3)cc2Cl)C(=O)O)n1.CCc1cccc(CCC(=O)O)n1.NCC(=O)NC[C@H](NC(=O)c1c(Cl)cc(-c2ccccc2)cc1Cl)C(=O)O.S. The molecule has 5 amide bonds. The second-order valence-corrected chi connectivity index (χ2v) is 18.6. The Hall–Kier alpha value is -7.59. The van der Waals surface area contributed by atoms with E-state index in [1.54, 1.807) is 24.3 Å². The van der Waals surface area contributed by atoms with Gasteiger partial charge in [0.15, 0.2) is 0 Å². The summed E-state index contributed by atoms with van der Waals surface area (Å²) in [5.41, 5.74) is 11.7. The molecule has 0 aliphatic rings. The number of carboxylic acids is 3. The van der Waals surface area contributed by atoms with E-state index in [2.05, 4.69) is 36.6 Å². The van der Waals surface area contributed by atoms with E-state index in [0.717, 1.165) is 46.7 Å². The summed E-state index contributed by atoms with van der Waals surface area (Å²) in [6.07, 6.45) is 2.92. The van der Waals surface area contributed by atoms with Crippen LogP contribution in [-0.2, 0) is 54.5 Å². The summed E-state index contributed by atoms with van der Waals surface area (Å²) >= 11 is 25.1. The van der Waals surface area contributed by atoms with Crippen LogP contribution in [0, 0.1) is 0 Å². The van der Waals surface area contributed by atoms with Crippen LogP contribution < -0.4 is 32.3 Å². The molecule has 0 fully saturated rings. The van der Waals surface area contributed by atoms with Crippen LogP contribution in [0.5, 0.6) is 0 Å². The number of aliphatic carboxylic acids is 3. The molecule has 0 radical (unpaired) electrons. The van der Waals surface area contributed by atoms with Crippen LogP contribution in [0.2, 0.25) is 20.1 Å². The normalized spacial score (nSPS) is 11.0. The first-order valence-corrected chi connectivity index (χ1v) is 26.0. The number of benzene rings is 4. The minimum Gasteiger partial charge on any atom is -0.481 e. The minimum atomic E-state index is -1.46. The number of nitrogens with two attached hydrogens (primary N) is 1. The summed E-state index contributed by atoms with van der Waals surface area (Å²) in [5, 5.41) is 39.3. The molecule has 6 rings (SSSR count). The third-order valence-electron chi connectivity index (χ3n) is 11.3. The molecular formula is C56H60Cl4N8O11S. The molecule has 0 aliphatic heterocycles. The molecule has 10 N–H and O–H groups in total. The average Bonchev–Trinajstić information content (AvgIpc) is 3.45. The summed E-state index contributed by atoms with van der Waals surface area (Å²) in [4.78, 5) is 103. The largest absolute Gasteiger partial charge is 0.481 e. The van der Waals surface area contributed by atoms with E-state index in [1.165, 1.54) is 0 Å². The lowest BCUT2D eigenvalue weighted by molar-refractivity contribution is -0.140. The van der Waals surface area contributed by atoms with Gasteiger partial charge in [0.2, 0.25) is 17.7 Å². The summed E-state index contributed by atoms with van der Waals surface area (Å²) in [6, 6.07) is 33.4. The summed E-state index contributed by atoms with van der Waals surface area (Å²) < 4.78 is 0. The number of aryl methyl sites for hydroxylation is 4. The number of nitrogens with one attached hydrogen (secondary N) is 5. The quantitative estimate of drug-likeness (QED) is 0.0303. The third kappa shape index (κ3) is 22.3. The zero-order valence-corrected chi connectivity index (χ0v) is 47.4. The van der Waals surface area contributed by atoms with Crippen molar-refractivity contribution in [1.29, 1.82) is 0 Å². The van der Waals surface area contributed by atoms with Crippen molar-refractivity contribution in [2.24, 2.45) is 5.73 Å². The van der Waals surface area contributed by atoms with Gasteiger partial charge in [-0.3, -0.25) is 38.7 Å². The number of rotatable bonds is 23. The van der Waals surface area contributed by atoms with Crippen molar-refractivity contribution in [3.05, 3.63) is 175 Å². The Balaban J connectivity index is 0.000000353. The number of carbonyl (C=O) groups is 8. The maximum absolute atomic E-state index is 12.8. The maximum Gasteiger partial charge on any atom is 0.328 e. The topological polar surface area (TPSA) is 309 Å². The standard InChI is InChI=1S/C28H28Cl2N4O5.C18H17Cl2N3O4.C10H13NO2.H2S/c1-2-19-9-6-10-20(33-19)11-12-24(35)32-16-25(36)31-15-23(28(38)39)34-27(37)26-21(29)13-18(14-22(26)30)17-7-4-3-5-8-17;19-12-6-11(10-4-2-1-3-5-10)7-13(20)16(12)17(25)23-14(18(26)27)9-22-15(24)8-21;1-2-8-4-3-5-9(11-8)6-7-10(12)13;/h3-10,13-14,23H,2,11-12,15-16H2,1H3,(H,31,36)(H,32,35)(H,34,37)(H,38,39);1-7,14H,8-9,21H2,(H,22,24)(H,23,25)(H,26,27);3-5H,2,6-7H2,1H3,(H,12,13);1H2/t23-;14-;;/m00../s1. The second kappa shape index (κ2) is 34.4. The number of nitrogens with zero attached hydrogens (tertiary/aromatic N) is 2. The Morgan fingerprint density at radius 1 is 0.487 bits per heavy atom. The van der Waals surface area contributed by atoms with Gasteiger partial charge in [-0.15, -0.1) is 0 Å². The monoisotopic (exact) mass is 1190 g/mol. The van der Waals surface area contributed by atoms with Crippen molar-refractivity contribution in [2.45, 2.75) is 64.5 Å². The number of hydrogen-bond donors (Lipinski definition) is 9. The molecule has 0 spiro atoms. The highest BCUT2D eigenvalue weighted by atomic mass is 35.5. The highest BCUT2D eigenvalue weighted by Crippen LogP contribution is 2.33. The van der Waals surface area contributed by atoms with Crippen LogP contribution in [0.3, 0.4) is 0 Å². The lowest BCUT2D eigenvalue weighted by atomic mass is 10.0. The van der Waals surface area contributed by atoms with E-state index in [4.69, 9.17) is 57.2 Å². The van der Waals surface area contributed by atoms with Crippen LogP contribution in [0.1, 0.15) is 70.2 Å². The fourth-order valence-corrected chi connectivity index (χ4v) is 8.39. The van der Waals surface area contributed by atoms with Crippen molar-refractivity contribution in [3.63, 3.8) is 0 Å². The highest BCUT2D eigenvalue weighted by Gasteiger charge is 2.26. The minimum absolute atomic E-state index is 0. The number of carboxylic acid groups (broad SMARTS) is 3. The summed E-state index contributed by atoms with van der Waals surface area (Å²) in [5.74, 6) is -6.54. The molecule has 24 heteroatoms. The fraction of sp³-hybridized carbons (Fsp3) is 0.250. The van der Waals surface area contributed by atoms with Gasteiger partial charge >= 0.3 is 17.9 Å². The van der Waals surface area contributed by atoms with Crippen LogP contribution in [0.25, 0.3) is 22.3 Å². The molecule has 2 atom stereocenters. The third-order valence-corrected chi connectivity index (χ3v) is 12.4. The maximum atomic E-state index is 12.8. The Morgan fingerprint density at radius 3 is 1.23 bits per heavy atom. The van der Waals surface area contributed by atoms with E-state index in [9.17, 15) is 48.6 Å². The molecule has 0 saturated carbocycles. The van der Waals surface area contributed by atoms with Crippen molar-refractivity contribution in [1.82, 2.24) is 36.6 Å². The first-order chi connectivity index (χ1) is 37.7. The summed E-state index contributed by atoms with van der Waals surface area (Å²) in [7, 11) is 0. The van der Waals surface area contributed by atoms with Crippen LogP contribution in [-0.4, -0.2) is 111 Å². The molecule has 0 unspecified atom stereocenters. The fourth-order valence-electron chi connectivity index (χ4n) is 7.08. The molecule has 424 valence electrons. The molecule has 2 heterocycles. The number of pyridine rings is 2. The molecule has 19 nitrogen and oxygen atoms in total. The lowest BCUT2D eigenvalue weighted by Crippen LogP contribution is -2.50. The van der Waals surface area contributed by atoms with E-state index in [0.29, 0.717) is 24.0 Å². The summed E-state index contributed by atoms with van der Waals surface area (Å²) in [6.45, 7) is 2.64. The molecule has 0 bridgehead atoms. The van der Waals surface area contributed by atoms with Gasteiger partial charge in [0.25, 0.3) is 11.8 Å². The molecule has 0 aliphatic carbocycles. The molecular weight excluding hydrogens is 1130 g/mol. The van der Waals surface area contributed by atoms with E-state index < -0.39 is 60.2 Å². The highest BCUT2D eigenvalue weighted by molar-refractivity contribution is 7.59. The number of carbonyl (C=O) groups excluding carboxylic acids is 5. The Morgan fingerprint density at radius 2 is 0.863 bits per heavy atom. The molecule has 0 saturated heterocycles. The number of halogens is 4. The smallest absolute Gasteiger partial charge is 0.328 e. The van der Waals surface area contributed by atoms with Gasteiger partial charge in [0.1, 0.15) is 12.1 Å². The average molecular weight is 1200 g/mol. The zero-order valence-electron chi connectivity index (χ0n) is 43.4. The Bertz CT molecular complexity index is 3060. The Labute approximate surface area is 488 Å². The van der Waals surface area contributed by atoms with E-state index in [-0.39, 0.29) is 83.1 Å². The molecule has 6 aromatic rings. The van der Waals surface area contributed by atoms with Gasteiger partial charge in [-0.1, -0.05) is 133 Å². The van der Waals surface area contributed by atoms with Gasteiger partial charge in [-0.2, -0.15) is 13.5 Å². The number of aromatic nitrogens is 2. The molecule has 4 aromatic carbocycles. The van der Waals surface area contributed by atoms with Gasteiger partial charge in [-0.25, -0.2) is 9.59 Å². The van der Waals surface area contributed by atoms with Crippen molar-refractivity contribution in [3.8, 4) is 22.3 Å². The molecule has 80 heavy (non-hydrogen) atoms. The van der Waals surface area contributed by atoms with Crippen molar-refractivity contribution < 1.29 is 53.7 Å². The molecule has 2 aromatic heterocycles. The van der Waals surface area contributed by atoms with Gasteiger partial charge < -0.3 is 47.6 Å². The van der Waals surface area contributed by atoms with E-state index in [1.807, 2.05) is 111 Å². The lowest BCUT2D eigenvalue weighted by Gasteiger charge is -2.17. The van der Waals surface area contributed by atoms with Crippen molar-refractivity contribution in [2.75, 3.05) is 26.2 Å². The van der Waals surface area contributed by atoms with Gasteiger partial charge in [0, 0.05) is 48.7 Å². The van der Waals surface area contributed by atoms with Crippen LogP contribution >= 0.6 is 59.9 Å². The predicted molar refractivity (Wildman–Crippen MR) is 312 cm³/mol. The van der Waals surface area contributed by atoms with Crippen LogP contribution in [0.15, 0.2) is 121 Å². The predicted octanol–water partition coefficient (Wildman–Crippen LogP) is 7.36. The van der Waals surface area contributed by atoms with Crippen LogP contribution in [0.4, 0.5) is 0 Å². The number of amides is 5. The zero-order chi connectivity index (χ0) is 58.0. The Kier molecular flexibility index (Phi) is 28.7. The number of hydrogen-bond acceptors (Lipinski definition) is 11. The second-order valence-electron chi connectivity index (χ2n) is 17.0. The first kappa shape index (κ1) is 66.7. The van der Waals surface area contributed by atoms with E-state index >= 15 is 0 Å². The van der Waals surface area contributed by atoms with Gasteiger partial charge in [0.05, 0.1) is 50.7 Å². The van der Waals surface area contributed by atoms with Crippen molar-refractivity contribution >= 4 is 107 Å². The first-order valence-electron chi connectivity index (χ1n) is 24.5. The van der Waals surface area contributed by atoms with Gasteiger partial charge in [-0.05, 0) is 90.0 Å².